The van der Waals surface area contributed by atoms with E-state index >= 15 is 0 Å². The van der Waals surface area contributed by atoms with E-state index in [0.29, 0.717) is 13.2 Å². The number of nitrogens with two attached hydrogens (primary N) is 1. The van der Waals surface area contributed by atoms with Crippen molar-refractivity contribution in [3.8, 4) is 0 Å². The van der Waals surface area contributed by atoms with Crippen molar-refractivity contribution in [1.29, 1.82) is 0 Å². The molecule has 1 unspecified atom stereocenters. The van der Waals surface area contributed by atoms with Crippen molar-refractivity contribution in [2.75, 3.05) is 19.8 Å². The molecule has 68 valence electrons. The van der Waals surface area contributed by atoms with Gasteiger partial charge in [-0.05, 0) is 20.8 Å². The SMILES string of the molecule is CCOCCOC(C)[C@@H](C)N. The molecule has 0 aliphatic heterocycles. The molecule has 3 heteroatoms. The van der Waals surface area contributed by atoms with Crippen LogP contribution in [0, 0.1) is 0 Å². The van der Waals surface area contributed by atoms with E-state index in [0.717, 1.165) is 6.61 Å². The van der Waals surface area contributed by atoms with Crippen LogP contribution in [0.5, 0.6) is 0 Å². The fourth-order valence-corrected chi connectivity index (χ4v) is 0.589. The van der Waals surface area contributed by atoms with Gasteiger partial charge in [0, 0.05) is 12.6 Å². The summed E-state index contributed by atoms with van der Waals surface area (Å²) in [5, 5.41) is 0. The van der Waals surface area contributed by atoms with Crippen LogP contribution in [0.4, 0.5) is 0 Å². The zero-order chi connectivity index (χ0) is 8.69. The van der Waals surface area contributed by atoms with Gasteiger partial charge in [0.15, 0.2) is 0 Å². The Labute approximate surface area is 68.9 Å². The smallest absolute Gasteiger partial charge is 0.0704 e. The van der Waals surface area contributed by atoms with Crippen LogP contribution < -0.4 is 5.73 Å². The molecule has 2 N–H and O–H groups in total. The minimum Gasteiger partial charge on any atom is -0.379 e. The molecule has 0 heterocycles. The molecular weight excluding hydrogens is 142 g/mol. The van der Waals surface area contributed by atoms with Gasteiger partial charge in [-0.15, -0.1) is 0 Å². The average molecular weight is 161 g/mol. The quantitative estimate of drug-likeness (QED) is 0.585. The summed E-state index contributed by atoms with van der Waals surface area (Å²) >= 11 is 0. The Morgan fingerprint density at radius 3 is 2.36 bits per heavy atom. The first-order valence-corrected chi connectivity index (χ1v) is 4.13. The van der Waals surface area contributed by atoms with Crippen LogP contribution in [-0.2, 0) is 9.47 Å². The number of hydrogen-bond donors (Lipinski definition) is 1. The van der Waals surface area contributed by atoms with Gasteiger partial charge in [-0.2, -0.15) is 0 Å². The molecule has 0 saturated carbocycles. The molecule has 0 aromatic rings. The van der Waals surface area contributed by atoms with Crippen molar-refractivity contribution < 1.29 is 9.47 Å². The topological polar surface area (TPSA) is 44.5 Å². The Morgan fingerprint density at radius 1 is 1.27 bits per heavy atom. The maximum Gasteiger partial charge on any atom is 0.0704 e. The Hall–Kier alpha value is -0.120. The molecule has 3 nitrogen and oxygen atoms in total. The van der Waals surface area contributed by atoms with Gasteiger partial charge in [0.05, 0.1) is 19.3 Å². The van der Waals surface area contributed by atoms with E-state index in [4.69, 9.17) is 15.2 Å². The Balaban J connectivity index is 3.10. The summed E-state index contributed by atoms with van der Waals surface area (Å²) in [6, 6.07) is 0.0941. The molecule has 0 fully saturated rings. The summed E-state index contributed by atoms with van der Waals surface area (Å²) in [7, 11) is 0. The first-order valence-electron chi connectivity index (χ1n) is 4.13. The van der Waals surface area contributed by atoms with Crippen molar-refractivity contribution >= 4 is 0 Å². The van der Waals surface area contributed by atoms with Crippen LogP contribution in [0.25, 0.3) is 0 Å². The molecule has 0 amide bonds. The molecule has 0 radical (unpaired) electrons. The van der Waals surface area contributed by atoms with Crippen LogP contribution in [0.15, 0.2) is 0 Å². The third-order valence-corrected chi connectivity index (χ3v) is 1.55. The summed E-state index contributed by atoms with van der Waals surface area (Å²) < 4.78 is 10.5. The molecule has 0 aliphatic rings. The molecule has 0 rings (SSSR count). The predicted octanol–water partition coefficient (Wildman–Crippen LogP) is 0.775. The lowest BCUT2D eigenvalue weighted by Crippen LogP contribution is -2.32. The highest BCUT2D eigenvalue weighted by Gasteiger charge is 2.05. The Morgan fingerprint density at radius 2 is 1.91 bits per heavy atom. The van der Waals surface area contributed by atoms with Crippen LogP contribution >= 0.6 is 0 Å². The Kier molecular flexibility index (Phi) is 6.51. The largest absolute Gasteiger partial charge is 0.379 e. The Bertz CT molecular complexity index is 86.2. The van der Waals surface area contributed by atoms with Crippen LogP contribution in [0.1, 0.15) is 20.8 Å². The van der Waals surface area contributed by atoms with Gasteiger partial charge in [0.25, 0.3) is 0 Å². The lowest BCUT2D eigenvalue weighted by molar-refractivity contribution is 0.00739. The van der Waals surface area contributed by atoms with Crippen LogP contribution in [-0.4, -0.2) is 32.0 Å². The first kappa shape index (κ1) is 10.9. The second-order valence-electron chi connectivity index (χ2n) is 2.63. The lowest BCUT2D eigenvalue weighted by atomic mass is 10.2. The second kappa shape index (κ2) is 6.58. The van der Waals surface area contributed by atoms with Gasteiger partial charge in [-0.1, -0.05) is 0 Å². The van der Waals surface area contributed by atoms with Gasteiger partial charge in [-0.25, -0.2) is 0 Å². The van der Waals surface area contributed by atoms with Crippen molar-refractivity contribution in [1.82, 2.24) is 0 Å². The summed E-state index contributed by atoms with van der Waals surface area (Å²) in [5.74, 6) is 0. The minimum absolute atomic E-state index is 0.0941. The number of ether oxygens (including phenoxy) is 2. The van der Waals surface area contributed by atoms with E-state index in [2.05, 4.69) is 0 Å². The standard InChI is InChI=1S/C8H19NO2/c1-4-10-5-6-11-8(3)7(2)9/h7-8H,4-6,9H2,1-3H3/t7-,8?/m1/s1. The van der Waals surface area contributed by atoms with Gasteiger partial charge in [0.2, 0.25) is 0 Å². The van der Waals surface area contributed by atoms with Crippen LogP contribution in [0.2, 0.25) is 0 Å². The van der Waals surface area contributed by atoms with Crippen LogP contribution in [0.3, 0.4) is 0 Å². The monoisotopic (exact) mass is 161 g/mol. The molecular formula is C8H19NO2. The molecule has 0 aliphatic carbocycles. The highest BCUT2D eigenvalue weighted by atomic mass is 16.5. The van der Waals surface area contributed by atoms with Crippen molar-refractivity contribution in [3.63, 3.8) is 0 Å². The molecule has 0 aromatic carbocycles. The van der Waals surface area contributed by atoms with Crippen molar-refractivity contribution in [2.45, 2.75) is 32.9 Å². The molecule has 11 heavy (non-hydrogen) atoms. The molecule has 0 spiro atoms. The zero-order valence-electron chi connectivity index (χ0n) is 7.67. The van der Waals surface area contributed by atoms with E-state index in [1.54, 1.807) is 0 Å². The predicted molar refractivity (Wildman–Crippen MR) is 45.6 cm³/mol. The van der Waals surface area contributed by atoms with Gasteiger partial charge >= 0.3 is 0 Å². The first-order chi connectivity index (χ1) is 5.18. The fourth-order valence-electron chi connectivity index (χ4n) is 0.589. The lowest BCUT2D eigenvalue weighted by Gasteiger charge is -2.16. The summed E-state index contributed by atoms with van der Waals surface area (Å²) in [6.45, 7) is 7.91. The maximum absolute atomic E-state index is 5.58. The number of rotatable bonds is 6. The molecule has 0 bridgehead atoms. The summed E-state index contributed by atoms with van der Waals surface area (Å²) in [4.78, 5) is 0. The number of hydrogen-bond acceptors (Lipinski definition) is 3. The highest BCUT2D eigenvalue weighted by Crippen LogP contribution is 1.94. The molecule has 0 aromatic heterocycles. The third-order valence-electron chi connectivity index (χ3n) is 1.55. The van der Waals surface area contributed by atoms with Gasteiger partial charge in [-0.3, -0.25) is 0 Å². The maximum atomic E-state index is 5.58. The van der Waals surface area contributed by atoms with E-state index in [9.17, 15) is 0 Å². The second-order valence-corrected chi connectivity index (χ2v) is 2.63. The molecule has 0 saturated heterocycles. The third kappa shape index (κ3) is 6.28. The summed E-state index contributed by atoms with van der Waals surface area (Å²) in [5.41, 5.74) is 5.58. The minimum atomic E-state index is 0.0941. The molecule has 2 atom stereocenters. The zero-order valence-corrected chi connectivity index (χ0v) is 7.67. The highest BCUT2D eigenvalue weighted by molar-refractivity contribution is 4.61. The van der Waals surface area contributed by atoms with Gasteiger partial charge in [0.1, 0.15) is 0 Å². The van der Waals surface area contributed by atoms with E-state index in [-0.39, 0.29) is 12.1 Å². The summed E-state index contributed by atoms with van der Waals surface area (Å²) in [6.07, 6.45) is 0.121. The van der Waals surface area contributed by atoms with Crippen molar-refractivity contribution in [3.05, 3.63) is 0 Å². The van der Waals surface area contributed by atoms with Gasteiger partial charge < -0.3 is 15.2 Å². The van der Waals surface area contributed by atoms with Crippen molar-refractivity contribution in [2.24, 2.45) is 5.73 Å². The average Bonchev–Trinajstić information content (AvgIpc) is 1.97. The van der Waals surface area contributed by atoms with E-state index in [1.165, 1.54) is 0 Å². The normalized spacial score (nSPS) is 16.4. The fraction of sp³-hybridized carbons (Fsp3) is 1.00. The van der Waals surface area contributed by atoms with E-state index in [1.807, 2.05) is 20.8 Å². The van der Waals surface area contributed by atoms with E-state index < -0.39 is 0 Å².